The molecule has 0 saturated carbocycles. The Morgan fingerprint density at radius 1 is 1.31 bits per heavy atom. The van der Waals surface area contributed by atoms with Gasteiger partial charge in [-0.05, 0) is 19.4 Å². The van der Waals surface area contributed by atoms with Crippen LogP contribution < -0.4 is 10.6 Å². The number of hydrogen-bond donors (Lipinski definition) is 3. The first-order valence-corrected chi connectivity index (χ1v) is 8.73. The Morgan fingerprint density at radius 3 is 2.77 bits per heavy atom. The third-order valence-corrected chi connectivity index (χ3v) is 4.41. The number of aryl methyl sites for hydroxylation is 2. The van der Waals surface area contributed by atoms with Crippen molar-refractivity contribution in [1.82, 2.24) is 30.7 Å². The molecular weight excluding hydrogens is 332 g/mol. The topological polar surface area (TPSA) is 103 Å². The van der Waals surface area contributed by atoms with Gasteiger partial charge < -0.3 is 10.6 Å². The highest BCUT2D eigenvalue weighted by atomic mass is 16.2. The van der Waals surface area contributed by atoms with Crippen molar-refractivity contribution in [3.63, 3.8) is 0 Å². The van der Waals surface area contributed by atoms with Crippen molar-refractivity contribution >= 4 is 11.8 Å². The molecule has 0 spiro atoms. The molecule has 3 N–H and O–H groups in total. The Labute approximate surface area is 152 Å². The Morgan fingerprint density at radius 2 is 2.08 bits per heavy atom. The number of carbonyl (C=O) groups is 2. The van der Waals surface area contributed by atoms with Gasteiger partial charge in [0, 0.05) is 19.6 Å². The molecule has 1 fully saturated rings. The predicted molar refractivity (Wildman–Crippen MR) is 96.0 cm³/mol. The lowest BCUT2D eigenvalue weighted by Crippen LogP contribution is -2.56. The molecule has 1 aromatic heterocycles. The summed E-state index contributed by atoms with van der Waals surface area (Å²) < 4.78 is 0. The quantitative estimate of drug-likeness (QED) is 0.696. The zero-order valence-electron chi connectivity index (χ0n) is 15.1. The summed E-state index contributed by atoms with van der Waals surface area (Å²) in [7, 11) is 0. The second-order valence-corrected chi connectivity index (χ2v) is 6.58. The molecule has 3 rings (SSSR count). The monoisotopic (exact) mass is 356 g/mol. The molecule has 1 aliphatic heterocycles. The summed E-state index contributed by atoms with van der Waals surface area (Å²) in [5.74, 6) is 0.932. The zero-order valence-corrected chi connectivity index (χ0v) is 15.1. The van der Waals surface area contributed by atoms with Gasteiger partial charge in [0.25, 0.3) is 0 Å². The number of aromatic amines is 1. The minimum Gasteiger partial charge on any atom is -0.353 e. The molecular formula is C18H24N6O2. The van der Waals surface area contributed by atoms with Crippen LogP contribution in [-0.4, -0.2) is 51.0 Å². The second kappa shape index (κ2) is 8.09. The summed E-state index contributed by atoms with van der Waals surface area (Å²) in [5.41, 5.74) is 2.33. The third-order valence-electron chi connectivity index (χ3n) is 4.41. The molecule has 2 aromatic rings. The fourth-order valence-corrected chi connectivity index (χ4v) is 2.99. The largest absolute Gasteiger partial charge is 0.353 e. The van der Waals surface area contributed by atoms with Crippen LogP contribution in [0.2, 0.25) is 0 Å². The van der Waals surface area contributed by atoms with Crippen LogP contribution >= 0.6 is 0 Å². The minimum absolute atomic E-state index is 0.104. The van der Waals surface area contributed by atoms with Crippen LogP contribution in [0.5, 0.6) is 0 Å². The van der Waals surface area contributed by atoms with E-state index in [-0.39, 0.29) is 24.8 Å². The highest BCUT2D eigenvalue weighted by molar-refractivity contribution is 5.88. The van der Waals surface area contributed by atoms with Crippen molar-refractivity contribution in [2.45, 2.75) is 39.4 Å². The summed E-state index contributed by atoms with van der Waals surface area (Å²) in [6, 6.07) is 7.76. The first kappa shape index (κ1) is 18.1. The molecule has 1 saturated heterocycles. The number of rotatable bonds is 6. The molecule has 1 aliphatic rings. The number of nitrogens with zero attached hydrogens (tertiary/aromatic N) is 3. The third kappa shape index (κ3) is 4.66. The Bertz CT molecular complexity index is 770. The number of H-pyrrole nitrogens is 1. The maximum atomic E-state index is 12.3. The van der Waals surface area contributed by atoms with E-state index in [9.17, 15) is 9.59 Å². The number of nitrogens with one attached hydrogen (secondary N) is 3. The Hall–Kier alpha value is -2.74. The molecule has 138 valence electrons. The summed E-state index contributed by atoms with van der Waals surface area (Å²) >= 11 is 0. The van der Waals surface area contributed by atoms with Crippen molar-refractivity contribution in [1.29, 1.82) is 0 Å². The van der Waals surface area contributed by atoms with Gasteiger partial charge in [0.1, 0.15) is 5.82 Å². The van der Waals surface area contributed by atoms with E-state index >= 15 is 0 Å². The van der Waals surface area contributed by atoms with E-state index in [0.717, 1.165) is 12.1 Å². The van der Waals surface area contributed by atoms with E-state index in [1.54, 1.807) is 6.92 Å². The predicted octanol–water partition coefficient (Wildman–Crippen LogP) is 0.428. The SMILES string of the molecule is Cc1ccc(CN2CCNC(=O)[C@H]2CC(=O)NCc2n[nH]c(C)n2)cc1. The normalized spacial score (nSPS) is 17.8. The molecule has 0 unspecified atom stereocenters. The lowest BCUT2D eigenvalue weighted by atomic mass is 10.1. The second-order valence-electron chi connectivity index (χ2n) is 6.58. The van der Waals surface area contributed by atoms with E-state index in [0.29, 0.717) is 24.7 Å². The van der Waals surface area contributed by atoms with Gasteiger partial charge in [-0.25, -0.2) is 4.98 Å². The zero-order chi connectivity index (χ0) is 18.5. The van der Waals surface area contributed by atoms with Crippen LogP contribution in [-0.2, 0) is 22.7 Å². The lowest BCUT2D eigenvalue weighted by molar-refractivity contribution is -0.134. The molecule has 1 aromatic carbocycles. The number of carbonyl (C=O) groups excluding carboxylic acids is 2. The number of benzene rings is 1. The molecule has 0 aliphatic carbocycles. The van der Waals surface area contributed by atoms with Crippen molar-refractivity contribution in [3.05, 3.63) is 47.0 Å². The number of piperazine rings is 1. The molecule has 2 amide bonds. The van der Waals surface area contributed by atoms with E-state index in [2.05, 4.69) is 55.0 Å². The highest BCUT2D eigenvalue weighted by Gasteiger charge is 2.31. The van der Waals surface area contributed by atoms with Gasteiger partial charge in [0.05, 0.1) is 19.0 Å². The molecule has 0 bridgehead atoms. The number of hydrogen-bond acceptors (Lipinski definition) is 5. The van der Waals surface area contributed by atoms with Gasteiger partial charge in [-0.2, -0.15) is 5.10 Å². The molecule has 2 heterocycles. The summed E-state index contributed by atoms with van der Waals surface area (Å²) in [6.07, 6.45) is 0.112. The van der Waals surface area contributed by atoms with Gasteiger partial charge >= 0.3 is 0 Å². The van der Waals surface area contributed by atoms with Gasteiger partial charge in [-0.1, -0.05) is 29.8 Å². The average molecular weight is 356 g/mol. The van der Waals surface area contributed by atoms with Crippen LogP contribution in [0.1, 0.15) is 29.2 Å². The van der Waals surface area contributed by atoms with Crippen molar-refractivity contribution in [2.75, 3.05) is 13.1 Å². The smallest absolute Gasteiger partial charge is 0.237 e. The minimum atomic E-state index is -0.473. The standard InChI is InChI=1S/C18H24N6O2/c1-12-3-5-14(6-4-12)11-24-8-7-19-18(26)15(24)9-17(25)20-10-16-21-13(2)22-23-16/h3-6,15H,7-11H2,1-2H3,(H,19,26)(H,20,25)(H,21,22,23)/t15-/m1/s1. The summed E-state index contributed by atoms with van der Waals surface area (Å²) in [6.45, 7) is 6.05. The van der Waals surface area contributed by atoms with Gasteiger partial charge in [-0.3, -0.25) is 19.6 Å². The van der Waals surface area contributed by atoms with E-state index in [4.69, 9.17) is 0 Å². The van der Waals surface area contributed by atoms with Crippen LogP contribution in [0.25, 0.3) is 0 Å². The maximum absolute atomic E-state index is 12.3. The average Bonchev–Trinajstić information content (AvgIpc) is 3.03. The van der Waals surface area contributed by atoms with Gasteiger partial charge in [0.2, 0.25) is 11.8 Å². The molecule has 0 radical (unpaired) electrons. The number of amides is 2. The molecule has 1 atom stereocenters. The fraction of sp³-hybridized carbons (Fsp3) is 0.444. The summed E-state index contributed by atoms with van der Waals surface area (Å²) in [5, 5.41) is 12.4. The van der Waals surface area contributed by atoms with Crippen molar-refractivity contribution in [2.24, 2.45) is 0 Å². The van der Waals surface area contributed by atoms with E-state index in [1.165, 1.54) is 5.56 Å². The van der Waals surface area contributed by atoms with Crippen LogP contribution in [0.15, 0.2) is 24.3 Å². The van der Waals surface area contributed by atoms with E-state index in [1.807, 2.05) is 6.92 Å². The highest BCUT2D eigenvalue weighted by Crippen LogP contribution is 2.14. The molecule has 8 nitrogen and oxygen atoms in total. The fourth-order valence-electron chi connectivity index (χ4n) is 2.99. The molecule has 26 heavy (non-hydrogen) atoms. The molecule has 8 heteroatoms. The van der Waals surface area contributed by atoms with Crippen LogP contribution in [0.4, 0.5) is 0 Å². The van der Waals surface area contributed by atoms with Gasteiger partial charge in [0.15, 0.2) is 5.82 Å². The van der Waals surface area contributed by atoms with Crippen LogP contribution in [0.3, 0.4) is 0 Å². The van der Waals surface area contributed by atoms with Crippen LogP contribution in [0, 0.1) is 13.8 Å². The van der Waals surface area contributed by atoms with Gasteiger partial charge in [-0.15, -0.1) is 0 Å². The Kier molecular flexibility index (Phi) is 5.62. The van der Waals surface area contributed by atoms with E-state index < -0.39 is 6.04 Å². The number of aromatic nitrogens is 3. The first-order chi connectivity index (χ1) is 12.5. The lowest BCUT2D eigenvalue weighted by Gasteiger charge is -2.34. The van der Waals surface area contributed by atoms with Crippen molar-refractivity contribution < 1.29 is 9.59 Å². The first-order valence-electron chi connectivity index (χ1n) is 8.73. The maximum Gasteiger partial charge on any atom is 0.237 e. The summed E-state index contributed by atoms with van der Waals surface area (Å²) in [4.78, 5) is 30.8. The van der Waals surface area contributed by atoms with Crippen molar-refractivity contribution in [3.8, 4) is 0 Å². The Balaban J connectivity index is 1.59.